The predicted molar refractivity (Wildman–Crippen MR) is 118 cm³/mol. The molecule has 8 nitrogen and oxygen atoms in total. The van der Waals surface area contributed by atoms with Crippen molar-refractivity contribution in [1.29, 1.82) is 0 Å². The molecule has 0 unspecified atom stereocenters. The molecular formula is C24H36N2O6. The van der Waals surface area contributed by atoms with Crippen LogP contribution in [0.5, 0.6) is 5.75 Å². The smallest absolute Gasteiger partial charge is 0.404 e. The highest BCUT2D eigenvalue weighted by Crippen LogP contribution is 2.39. The molecule has 1 aliphatic heterocycles. The molecule has 0 bridgehead atoms. The maximum atomic E-state index is 13.1. The molecule has 0 radical (unpaired) electrons. The van der Waals surface area contributed by atoms with E-state index in [1.165, 1.54) is 0 Å². The van der Waals surface area contributed by atoms with Crippen LogP contribution in [0.1, 0.15) is 72.4 Å². The molecule has 3 rings (SSSR count). The van der Waals surface area contributed by atoms with E-state index in [0.29, 0.717) is 17.9 Å². The third-order valence-corrected chi connectivity index (χ3v) is 6.18. The molecule has 32 heavy (non-hydrogen) atoms. The third-order valence-electron chi connectivity index (χ3n) is 6.18. The zero-order valence-corrected chi connectivity index (χ0v) is 19.7. The minimum absolute atomic E-state index is 0.0752. The number of amides is 1. The minimum atomic E-state index is -1.52. The number of hydrogen-bond acceptors (Lipinski definition) is 6. The lowest BCUT2D eigenvalue weighted by molar-refractivity contribution is -0.170. The van der Waals surface area contributed by atoms with E-state index >= 15 is 0 Å². The van der Waals surface area contributed by atoms with Crippen LogP contribution >= 0.6 is 0 Å². The van der Waals surface area contributed by atoms with Gasteiger partial charge in [-0.1, -0.05) is 20.8 Å². The van der Waals surface area contributed by atoms with Gasteiger partial charge in [0.15, 0.2) is 5.60 Å². The molecule has 0 aromatic carbocycles. The maximum absolute atomic E-state index is 13.1. The van der Waals surface area contributed by atoms with Gasteiger partial charge in [-0.15, -0.1) is 0 Å². The predicted octanol–water partition coefficient (Wildman–Crippen LogP) is 4.31. The number of carbonyl (C=O) groups is 2. The number of aromatic nitrogens is 1. The molecule has 8 heteroatoms. The SMILES string of the molecule is CC(C)C[C@H](NC(=O)O)[C@]1(Cc2cc(OC3CCC(C)CC3)ccn2)OC(C)(C)OC1=O. The van der Waals surface area contributed by atoms with Gasteiger partial charge in [0.2, 0.25) is 5.79 Å². The van der Waals surface area contributed by atoms with Crippen molar-refractivity contribution in [2.75, 3.05) is 0 Å². The van der Waals surface area contributed by atoms with Crippen LogP contribution in [0, 0.1) is 11.8 Å². The van der Waals surface area contributed by atoms with E-state index in [1.54, 1.807) is 20.0 Å². The van der Waals surface area contributed by atoms with Gasteiger partial charge in [-0.2, -0.15) is 0 Å². The fourth-order valence-electron chi connectivity index (χ4n) is 4.68. The highest BCUT2D eigenvalue weighted by molar-refractivity contribution is 5.84. The Bertz CT molecular complexity index is 818. The highest BCUT2D eigenvalue weighted by Gasteiger charge is 2.59. The Morgan fingerprint density at radius 1 is 1.31 bits per heavy atom. The van der Waals surface area contributed by atoms with E-state index in [1.807, 2.05) is 26.0 Å². The van der Waals surface area contributed by atoms with Gasteiger partial charge >= 0.3 is 12.1 Å². The van der Waals surface area contributed by atoms with Crippen molar-refractivity contribution in [2.45, 2.75) is 96.7 Å². The van der Waals surface area contributed by atoms with E-state index < -0.39 is 29.5 Å². The first-order chi connectivity index (χ1) is 15.0. The van der Waals surface area contributed by atoms with Crippen molar-refractivity contribution < 1.29 is 28.9 Å². The average molecular weight is 449 g/mol. The Morgan fingerprint density at radius 3 is 2.56 bits per heavy atom. The van der Waals surface area contributed by atoms with Gasteiger partial charge in [0, 0.05) is 38.2 Å². The van der Waals surface area contributed by atoms with Gasteiger partial charge in [-0.3, -0.25) is 4.98 Å². The van der Waals surface area contributed by atoms with Crippen LogP contribution in [0.15, 0.2) is 18.3 Å². The molecular weight excluding hydrogens is 412 g/mol. The van der Waals surface area contributed by atoms with E-state index in [2.05, 4.69) is 17.2 Å². The first-order valence-electron chi connectivity index (χ1n) is 11.5. The first-order valence-corrected chi connectivity index (χ1v) is 11.5. The Kier molecular flexibility index (Phi) is 7.32. The second-order valence-electron chi connectivity index (χ2n) is 10.1. The van der Waals surface area contributed by atoms with Crippen LogP contribution in [0.2, 0.25) is 0 Å². The molecule has 1 saturated heterocycles. The number of rotatable bonds is 8. The maximum Gasteiger partial charge on any atom is 0.404 e. The second kappa shape index (κ2) is 9.65. The van der Waals surface area contributed by atoms with Gasteiger partial charge in [-0.25, -0.2) is 9.59 Å². The number of nitrogens with one attached hydrogen (secondary N) is 1. The first kappa shape index (κ1) is 24.3. The van der Waals surface area contributed by atoms with Crippen molar-refractivity contribution in [3.8, 4) is 5.75 Å². The topological polar surface area (TPSA) is 107 Å². The molecule has 2 heterocycles. The number of esters is 1. The zero-order valence-electron chi connectivity index (χ0n) is 19.7. The molecule has 1 aromatic heterocycles. The van der Waals surface area contributed by atoms with Crippen molar-refractivity contribution in [3.63, 3.8) is 0 Å². The van der Waals surface area contributed by atoms with Gasteiger partial charge in [0.1, 0.15) is 5.75 Å². The summed E-state index contributed by atoms with van der Waals surface area (Å²) in [5, 5.41) is 11.9. The molecule has 1 amide bonds. The Morgan fingerprint density at radius 2 is 2.00 bits per heavy atom. The number of ether oxygens (including phenoxy) is 3. The van der Waals surface area contributed by atoms with E-state index in [9.17, 15) is 14.7 Å². The Balaban J connectivity index is 1.87. The third kappa shape index (κ3) is 5.91. The molecule has 0 spiro atoms. The van der Waals surface area contributed by atoms with Crippen LogP contribution in [0.25, 0.3) is 0 Å². The van der Waals surface area contributed by atoms with Gasteiger partial charge in [0.25, 0.3) is 0 Å². The van der Waals surface area contributed by atoms with Crippen LogP contribution in [-0.4, -0.2) is 45.7 Å². The Labute approximate surface area is 190 Å². The monoisotopic (exact) mass is 448 g/mol. The molecule has 1 aromatic rings. The molecule has 2 atom stereocenters. The normalized spacial score (nSPS) is 28.2. The summed E-state index contributed by atoms with van der Waals surface area (Å²) in [6.45, 7) is 9.50. The van der Waals surface area contributed by atoms with Gasteiger partial charge < -0.3 is 24.6 Å². The molecule has 178 valence electrons. The lowest BCUT2D eigenvalue weighted by Crippen LogP contribution is -2.58. The number of carboxylic acid groups (broad SMARTS) is 1. The Hall–Kier alpha value is -2.35. The summed E-state index contributed by atoms with van der Waals surface area (Å²) in [7, 11) is 0. The van der Waals surface area contributed by atoms with E-state index in [4.69, 9.17) is 14.2 Å². The summed E-state index contributed by atoms with van der Waals surface area (Å²) in [5.41, 5.74) is -0.930. The van der Waals surface area contributed by atoms with Crippen LogP contribution < -0.4 is 10.1 Å². The molecule has 2 fully saturated rings. The summed E-state index contributed by atoms with van der Waals surface area (Å²) in [6.07, 6.45) is 5.43. The summed E-state index contributed by atoms with van der Waals surface area (Å²) in [4.78, 5) is 29.1. The molecule has 2 N–H and O–H groups in total. The quantitative estimate of drug-likeness (QED) is 0.571. The summed E-state index contributed by atoms with van der Waals surface area (Å²) >= 11 is 0. The van der Waals surface area contributed by atoms with Gasteiger partial charge in [0.05, 0.1) is 12.1 Å². The minimum Gasteiger partial charge on any atom is -0.490 e. The van der Waals surface area contributed by atoms with Crippen LogP contribution in [-0.2, 0) is 20.7 Å². The standard InChI is InChI=1S/C24H36N2O6/c1-15(2)12-20(26-22(28)29)24(21(27)31-23(4,5)32-24)14-17-13-19(10-11-25-17)30-18-8-6-16(3)7-9-18/h10-11,13,15-16,18,20,26H,6-9,12,14H2,1-5H3,(H,28,29)/t16?,18?,20-,24-/m0/s1. The second-order valence-corrected chi connectivity index (χ2v) is 10.1. The summed E-state index contributed by atoms with van der Waals surface area (Å²) in [5.74, 6) is -0.200. The van der Waals surface area contributed by atoms with Crippen molar-refractivity contribution in [1.82, 2.24) is 10.3 Å². The number of cyclic esters (lactones) is 1. The van der Waals surface area contributed by atoms with Gasteiger partial charge in [-0.05, 0) is 50.0 Å². The van der Waals surface area contributed by atoms with Crippen LogP contribution in [0.3, 0.4) is 0 Å². The average Bonchev–Trinajstić information content (AvgIpc) is 2.91. The molecule has 1 saturated carbocycles. The number of carbonyl (C=O) groups excluding carboxylic acids is 1. The highest BCUT2D eigenvalue weighted by atomic mass is 16.8. The lowest BCUT2D eigenvalue weighted by atomic mass is 9.84. The summed E-state index contributed by atoms with van der Waals surface area (Å²) in [6, 6.07) is 2.84. The number of nitrogens with zero attached hydrogens (tertiary/aromatic N) is 1. The fraction of sp³-hybridized carbons (Fsp3) is 0.708. The zero-order chi connectivity index (χ0) is 23.5. The number of hydrogen-bond donors (Lipinski definition) is 2. The molecule has 2 aliphatic rings. The fourth-order valence-corrected chi connectivity index (χ4v) is 4.68. The molecule has 1 aliphatic carbocycles. The van der Waals surface area contributed by atoms with Crippen LogP contribution in [0.4, 0.5) is 4.79 Å². The van der Waals surface area contributed by atoms with E-state index in [-0.39, 0.29) is 18.4 Å². The van der Waals surface area contributed by atoms with E-state index in [0.717, 1.165) is 31.6 Å². The largest absolute Gasteiger partial charge is 0.490 e. The summed E-state index contributed by atoms with van der Waals surface area (Å²) < 4.78 is 17.8. The van der Waals surface area contributed by atoms with Crippen molar-refractivity contribution in [3.05, 3.63) is 24.0 Å². The number of pyridine rings is 1. The van der Waals surface area contributed by atoms with Crippen molar-refractivity contribution in [2.24, 2.45) is 11.8 Å². The van der Waals surface area contributed by atoms with Crippen molar-refractivity contribution >= 4 is 12.1 Å². The lowest BCUT2D eigenvalue weighted by Gasteiger charge is -2.35.